The molecule has 1 aliphatic carbocycles. The molecule has 1 N–H and O–H groups in total. The van der Waals surface area contributed by atoms with Gasteiger partial charge in [0.2, 0.25) is 5.91 Å². The zero-order valence-electron chi connectivity index (χ0n) is 15.3. The number of hydrogen-bond acceptors (Lipinski definition) is 3. The molecule has 0 spiro atoms. The van der Waals surface area contributed by atoms with Crippen LogP contribution in [0.4, 0.5) is 0 Å². The highest BCUT2D eigenvalue weighted by atomic mass is 16.5. The van der Waals surface area contributed by atoms with Gasteiger partial charge in [-0.25, -0.2) is 0 Å². The third-order valence-corrected chi connectivity index (χ3v) is 5.84. The van der Waals surface area contributed by atoms with Crippen molar-refractivity contribution in [3.63, 3.8) is 0 Å². The molecule has 0 saturated carbocycles. The number of fused-ring (bicyclic) bond motifs is 3. The number of hydrogen-bond donors (Lipinski definition) is 1. The van der Waals surface area contributed by atoms with Gasteiger partial charge in [0.15, 0.2) is 0 Å². The first-order valence-corrected chi connectivity index (χ1v) is 9.74. The topological polar surface area (TPSA) is 62.4 Å². The second-order valence-electron chi connectivity index (χ2n) is 7.36. The maximum Gasteiger partial charge on any atom is 0.309 e. The van der Waals surface area contributed by atoms with Crippen LogP contribution in [0.3, 0.4) is 0 Å². The van der Waals surface area contributed by atoms with E-state index in [1.54, 1.807) is 0 Å². The highest BCUT2D eigenvalue weighted by Crippen LogP contribution is 2.37. The van der Waals surface area contributed by atoms with Gasteiger partial charge in [-0.3, -0.25) is 9.59 Å². The summed E-state index contributed by atoms with van der Waals surface area (Å²) in [5, 5.41) is 1.25. The van der Waals surface area contributed by atoms with Crippen molar-refractivity contribution in [3.05, 3.63) is 35.5 Å². The van der Waals surface area contributed by atoms with Crippen molar-refractivity contribution in [2.24, 2.45) is 5.92 Å². The summed E-state index contributed by atoms with van der Waals surface area (Å²) in [7, 11) is 0. The van der Waals surface area contributed by atoms with E-state index in [1.807, 2.05) is 17.9 Å². The summed E-state index contributed by atoms with van der Waals surface area (Å²) in [4.78, 5) is 30.5. The van der Waals surface area contributed by atoms with Crippen molar-refractivity contribution in [1.29, 1.82) is 0 Å². The van der Waals surface area contributed by atoms with Crippen LogP contribution in [0.5, 0.6) is 0 Å². The molecule has 138 valence electrons. The number of carbonyl (C=O) groups excluding carboxylic acids is 2. The average Bonchev–Trinajstić information content (AvgIpc) is 3.06. The Morgan fingerprint density at radius 3 is 2.73 bits per heavy atom. The Morgan fingerprint density at radius 1 is 1.19 bits per heavy atom. The summed E-state index contributed by atoms with van der Waals surface area (Å²) >= 11 is 0. The van der Waals surface area contributed by atoms with Crippen LogP contribution in [0.1, 0.15) is 49.8 Å². The van der Waals surface area contributed by atoms with Crippen molar-refractivity contribution in [2.75, 3.05) is 19.7 Å². The Bertz CT molecular complexity index is 818. The first-order chi connectivity index (χ1) is 12.7. The number of esters is 1. The average molecular weight is 354 g/mol. The molecule has 1 fully saturated rings. The molecular weight excluding hydrogens is 328 g/mol. The van der Waals surface area contributed by atoms with Gasteiger partial charge in [0, 0.05) is 29.7 Å². The molecule has 1 aromatic heterocycles. The van der Waals surface area contributed by atoms with Crippen LogP contribution in [-0.2, 0) is 20.7 Å². The minimum absolute atomic E-state index is 0.0611. The van der Waals surface area contributed by atoms with Crippen LogP contribution in [0.2, 0.25) is 0 Å². The Balaban J connectivity index is 1.49. The van der Waals surface area contributed by atoms with E-state index in [2.05, 4.69) is 23.2 Å². The predicted molar refractivity (Wildman–Crippen MR) is 99.9 cm³/mol. The number of H-pyrrole nitrogens is 1. The Kier molecular flexibility index (Phi) is 4.70. The third-order valence-electron chi connectivity index (χ3n) is 5.84. The van der Waals surface area contributed by atoms with Gasteiger partial charge in [-0.05, 0) is 50.7 Å². The largest absolute Gasteiger partial charge is 0.466 e. The van der Waals surface area contributed by atoms with Gasteiger partial charge in [0.25, 0.3) is 0 Å². The number of aromatic amines is 1. The van der Waals surface area contributed by atoms with E-state index in [4.69, 9.17) is 4.74 Å². The zero-order valence-corrected chi connectivity index (χ0v) is 15.3. The molecule has 2 heterocycles. The van der Waals surface area contributed by atoms with Crippen molar-refractivity contribution < 1.29 is 14.3 Å². The maximum atomic E-state index is 13.2. The number of piperidine rings is 1. The minimum Gasteiger partial charge on any atom is -0.466 e. The minimum atomic E-state index is -0.116. The lowest BCUT2D eigenvalue weighted by atomic mass is 9.85. The van der Waals surface area contributed by atoms with Gasteiger partial charge < -0.3 is 14.6 Å². The number of para-hydroxylation sites is 1. The number of ether oxygens (including phenoxy) is 1. The van der Waals surface area contributed by atoms with Gasteiger partial charge in [-0.2, -0.15) is 0 Å². The SMILES string of the molecule is CCOC(=O)C1CCN(C(=O)C2CCCc3c2[nH]c2ccccc32)CC1. The third kappa shape index (κ3) is 3.00. The second kappa shape index (κ2) is 7.14. The van der Waals surface area contributed by atoms with E-state index in [-0.39, 0.29) is 23.7 Å². The first kappa shape index (κ1) is 17.1. The molecule has 0 radical (unpaired) electrons. The fourth-order valence-electron chi connectivity index (χ4n) is 4.48. The number of amides is 1. The highest BCUT2D eigenvalue weighted by Gasteiger charge is 2.35. The van der Waals surface area contributed by atoms with Crippen molar-refractivity contribution in [1.82, 2.24) is 9.88 Å². The van der Waals surface area contributed by atoms with Crippen LogP contribution < -0.4 is 0 Å². The number of nitrogens with zero attached hydrogens (tertiary/aromatic N) is 1. The molecule has 1 atom stereocenters. The molecule has 2 aliphatic rings. The summed E-state index contributed by atoms with van der Waals surface area (Å²) in [5.41, 5.74) is 3.54. The number of likely N-dealkylation sites (tertiary alicyclic amines) is 1. The van der Waals surface area contributed by atoms with E-state index >= 15 is 0 Å². The molecule has 1 aromatic carbocycles. The number of aryl methyl sites for hydroxylation is 1. The quantitative estimate of drug-likeness (QED) is 0.860. The highest BCUT2D eigenvalue weighted by molar-refractivity contribution is 5.90. The number of rotatable bonds is 3. The number of aromatic nitrogens is 1. The molecular formula is C21H26N2O3. The van der Waals surface area contributed by atoms with Gasteiger partial charge in [0.05, 0.1) is 18.4 Å². The standard InChI is InChI=1S/C21H26N2O3/c1-2-26-21(25)14-10-12-23(13-11-14)20(24)17-8-5-7-16-15-6-3-4-9-18(15)22-19(16)17/h3-4,6,9,14,17,22H,2,5,7-8,10-13H2,1H3. The van der Waals surface area contributed by atoms with Crippen LogP contribution in [0.15, 0.2) is 24.3 Å². The van der Waals surface area contributed by atoms with E-state index < -0.39 is 0 Å². The van der Waals surface area contributed by atoms with Crippen molar-refractivity contribution in [2.45, 2.75) is 44.9 Å². The second-order valence-corrected chi connectivity index (χ2v) is 7.36. The monoisotopic (exact) mass is 354 g/mol. The molecule has 1 aliphatic heterocycles. The summed E-state index contributed by atoms with van der Waals surface area (Å²) in [6, 6.07) is 8.31. The van der Waals surface area contributed by atoms with Gasteiger partial charge >= 0.3 is 5.97 Å². The molecule has 1 saturated heterocycles. The molecule has 4 rings (SSSR count). The van der Waals surface area contributed by atoms with Crippen LogP contribution in [0, 0.1) is 5.92 Å². The summed E-state index contributed by atoms with van der Waals surface area (Å²) in [5.74, 6) is -0.0470. The Hall–Kier alpha value is -2.30. The lowest BCUT2D eigenvalue weighted by Crippen LogP contribution is -2.43. The van der Waals surface area contributed by atoms with Gasteiger partial charge in [0.1, 0.15) is 0 Å². The normalized spacial score (nSPS) is 20.8. The van der Waals surface area contributed by atoms with Crippen molar-refractivity contribution >= 4 is 22.8 Å². The fourth-order valence-corrected chi connectivity index (χ4v) is 4.48. The van der Waals surface area contributed by atoms with Gasteiger partial charge in [-0.1, -0.05) is 18.2 Å². The molecule has 0 bridgehead atoms. The lowest BCUT2D eigenvalue weighted by molar-refractivity contribution is -0.151. The lowest BCUT2D eigenvalue weighted by Gasteiger charge is -2.34. The molecule has 1 amide bonds. The van der Waals surface area contributed by atoms with Crippen LogP contribution in [0.25, 0.3) is 10.9 Å². The van der Waals surface area contributed by atoms with E-state index in [9.17, 15) is 9.59 Å². The number of nitrogens with one attached hydrogen (secondary N) is 1. The molecule has 2 aromatic rings. The van der Waals surface area contributed by atoms with Crippen LogP contribution in [-0.4, -0.2) is 41.5 Å². The maximum absolute atomic E-state index is 13.2. The molecule has 26 heavy (non-hydrogen) atoms. The zero-order chi connectivity index (χ0) is 18.1. The smallest absolute Gasteiger partial charge is 0.309 e. The van der Waals surface area contributed by atoms with E-state index in [1.165, 1.54) is 10.9 Å². The number of carbonyl (C=O) groups is 2. The van der Waals surface area contributed by atoms with E-state index in [0.717, 1.165) is 30.5 Å². The summed E-state index contributed by atoms with van der Waals surface area (Å²) in [6.45, 7) is 3.55. The Morgan fingerprint density at radius 2 is 1.96 bits per heavy atom. The summed E-state index contributed by atoms with van der Waals surface area (Å²) in [6.07, 6.45) is 4.39. The Labute approximate surface area is 153 Å². The van der Waals surface area contributed by atoms with Crippen molar-refractivity contribution in [3.8, 4) is 0 Å². The molecule has 5 nitrogen and oxygen atoms in total. The van der Waals surface area contributed by atoms with Gasteiger partial charge in [-0.15, -0.1) is 0 Å². The molecule has 1 unspecified atom stereocenters. The predicted octanol–water partition coefficient (Wildman–Crippen LogP) is 3.39. The summed E-state index contributed by atoms with van der Waals surface area (Å²) < 4.78 is 5.13. The number of benzene rings is 1. The van der Waals surface area contributed by atoms with Crippen LogP contribution >= 0.6 is 0 Å². The molecule has 5 heteroatoms. The fraction of sp³-hybridized carbons (Fsp3) is 0.524. The van der Waals surface area contributed by atoms with E-state index in [0.29, 0.717) is 32.5 Å². The first-order valence-electron chi connectivity index (χ1n) is 9.74.